The van der Waals surface area contributed by atoms with Crippen molar-refractivity contribution in [3.05, 3.63) is 35.4 Å². The number of nitrogens with one attached hydrogen (secondary N) is 1. The van der Waals surface area contributed by atoms with E-state index in [0.29, 0.717) is 6.42 Å². The summed E-state index contributed by atoms with van der Waals surface area (Å²) in [6, 6.07) is 9.10. The Bertz CT molecular complexity index is 788. The molecule has 7 heteroatoms. The fourth-order valence-corrected chi connectivity index (χ4v) is 4.53. The normalized spacial score (nSPS) is 19.2. The van der Waals surface area contributed by atoms with Gasteiger partial charge in [-0.15, -0.1) is 0 Å². The molecule has 0 spiro atoms. The summed E-state index contributed by atoms with van der Waals surface area (Å²) in [4.78, 5) is 14.4. The van der Waals surface area contributed by atoms with Crippen LogP contribution in [0.1, 0.15) is 25.8 Å². The quantitative estimate of drug-likeness (QED) is 0.616. The summed E-state index contributed by atoms with van der Waals surface area (Å²) >= 11 is 0. The topological polar surface area (TPSA) is 90.3 Å². The zero-order valence-corrected chi connectivity index (χ0v) is 15.3. The first-order valence-corrected chi connectivity index (χ1v) is 10.2. The molecule has 0 radical (unpaired) electrons. The summed E-state index contributed by atoms with van der Waals surface area (Å²) in [6.45, 7) is 5.97. The van der Waals surface area contributed by atoms with Gasteiger partial charge in [-0.1, -0.05) is 12.1 Å². The predicted octanol–water partition coefficient (Wildman–Crippen LogP) is 1.74. The Labute approximate surface area is 149 Å². The molecule has 6 nitrogen and oxygen atoms in total. The van der Waals surface area contributed by atoms with Gasteiger partial charge >= 0.3 is 0 Å². The van der Waals surface area contributed by atoms with Crippen molar-refractivity contribution in [2.75, 3.05) is 29.5 Å². The molecular formula is C18H23N3O3S. The zero-order chi connectivity index (χ0) is 18.4. The van der Waals surface area contributed by atoms with Gasteiger partial charge < -0.3 is 10.2 Å². The number of nitriles is 1. The first kappa shape index (κ1) is 19.0. The van der Waals surface area contributed by atoms with Gasteiger partial charge in [0.2, 0.25) is 0 Å². The fraction of sp³-hybridized carbons (Fsp3) is 0.444. The van der Waals surface area contributed by atoms with Crippen LogP contribution in [0.15, 0.2) is 29.8 Å². The Hall–Kier alpha value is -2.33. The maximum Gasteiger partial charge on any atom is 0.262 e. The minimum atomic E-state index is -3.07. The van der Waals surface area contributed by atoms with Crippen molar-refractivity contribution >= 4 is 27.5 Å². The standard InChI is InChI=1S/C18H23N3O3S/c1-3-21(4-2)17-7-5-14(6-8-17)11-15(12-19)18(22)20-16-9-10-25(23,24)13-16/h5-8,11,16H,3-4,9-10,13H2,1-2H3,(H,20,22). The Morgan fingerprint density at radius 3 is 2.44 bits per heavy atom. The lowest BCUT2D eigenvalue weighted by Crippen LogP contribution is -2.36. The summed E-state index contributed by atoms with van der Waals surface area (Å²) in [6.07, 6.45) is 1.91. The van der Waals surface area contributed by atoms with E-state index in [9.17, 15) is 18.5 Å². The zero-order valence-electron chi connectivity index (χ0n) is 14.5. The molecular weight excluding hydrogens is 338 g/mol. The van der Waals surface area contributed by atoms with Gasteiger partial charge in [-0.2, -0.15) is 5.26 Å². The maximum atomic E-state index is 12.2. The SMILES string of the molecule is CCN(CC)c1ccc(C=C(C#N)C(=O)NC2CCS(=O)(=O)C2)cc1. The third-order valence-corrected chi connectivity index (χ3v) is 6.03. The number of carbonyl (C=O) groups excluding carboxylic acids is 1. The molecule has 1 aliphatic heterocycles. The van der Waals surface area contributed by atoms with Crippen LogP contribution in [0.3, 0.4) is 0 Å². The molecule has 1 fully saturated rings. The van der Waals surface area contributed by atoms with Crippen molar-refractivity contribution < 1.29 is 13.2 Å². The second-order valence-corrected chi connectivity index (χ2v) is 8.24. The lowest BCUT2D eigenvalue weighted by atomic mass is 10.1. The summed E-state index contributed by atoms with van der Waals surface area (Å²) in [5, 5.41) is 11.9. The van der Waals surface area contributed by atoms with Crippen LogP contribution >= 0.6 is 0 Å². The van der Waals surface area contributed by atoms with Gasteiger partial charge in [-0.3, -0.25) is 4.79 Å². The Kier molecular flexibility index (Phi) is 6.21. The highest BCUT2D eigenvalue weighted by atomic mass is 32.2. The molecule has 0 aliphatic carbocycles. The van der Waals surface area contributed by atoms with Crippen LogP contribution in [0.25, 0.3) is 6.08 Å². The summed E-state index contributed by atoms with van der Waals surface area (Å²) < 4.78 is 22.9. The van der Waals surface area contributed by atoms with Gasteiger partial charge in [0.15, 0.2) is 9.84 Å². The third kappa shape index (κ3) is 5.07. The molecule has 1 saturated heterocycles. The summed E-state index contributed by atoms with van der Waals surface area (Å²) in [7, 11) is -3.07. The van der Waals surface area contributed by atoms with Crippen molar-refractivity contribution in [1.29, 1.82) is 5.26 Å². The van der Waals surface area contributed by atoms with Gasteiger partial charge in [0, 0.05) is 24.8 Å². The molecule has 1 heterocycles. The van der Waals surface area contributed by atoms with Crippen LogP contribution < -0.4 is 10.2 Å². The van der Waals surface area contributed by atoms with Crippen molar-refractivity contribution in [3.8, 4) is 6.07 Å². The van der Waals surface area contributed by atoms with E-state index in [1.54, 1.807) is 0 Å². The second-order valence-electron chi connectivity index (χ2n) is 6.01. The van der Waals surface area contributed by atoms with E-state index in [1.165, 1.54) is 6.08 Å². The Balaban J connectivity index is 2.09. The van der Waals surface area contributed by atoms with Crippen LogP contribution in [-0.2, 0) is 14.6 Å². The highest BCUT2D eigenvalue weighted by Gasteiger charge is 2.29. The molecule has 0 bridgehead atoms. The molecule has 1 atom stereocenters. The lowest BCUT2D eigenvalue weighted by molar-refractivity contribution is -0.117. The van der Waals surface area contributed by atoms with Gasteiger partial charge in [-0.05, 0) is 44.0 Å². The molecule has 25 heavy (non-hydrogen) atoms. The minimum Gasteiger partial charge on any atom is -0.372 e. The second kappa shape index (κ2) is 8.17. The van der Waals surface area contributed by atoms with Crippen molar-refractivity contribution in [2.45, 2.75) is 26.3 Å². The third-order valence-electron chi connectivity index (χ3n) is 4.27. The maximum absolute atomic E-state index is 12.2. The minimum absolute atomic E-state index is 0.0279. The Morgan fingerprint density at radius 1 is 1.32 bits per heavy atom. The first-order chi connectivity index (χ1) is 11.9. The van der Waals surface area contributed by atoms with E-state index in [-0.39, 0.29) is 17.1 Å². The summed E-state index contributed by atoms with van der Waals surface area (Å²) in [5.41, 5.74) is 1.81. The number of anilines is 1. The van der Waals surface area contributed by atoms with Crippen molar-refractivity contribution in [3.63, 3.8) is 0 Å². The first-order valence-electron chi connectivity index (χ1n) is 8.36. The van der Waals surface area contributed by atoms with Crippen LogP contribution in [0.5, 0.6) is 0 Å². The number of nitrogens with zero attached hydrogens (tertiary/aromatic N) is 2. The van der Waals surface area contributed by atoms with Gasteiger partial charge in [0.25, 0.3) is 5.91 Å². The van der Waals surface area contributed by atoms with E-state index in [4.69, 9.17) is 0 Å². The number of benzene rings is 1. The molecule has 1 aromatic carbocycles. The number of hydrogen-bond acceptors (Lipinski definition) is 5. The van der Waals surface area contributed by atoms with Gasteiger partial charge in [0.05, 0.1) is 11.5 Å². The molecule has 0 aromatic heterocycles. The van der Waals surface area contributed by atoms with Crippen LogP contribution in [-0.4, -0.2) is 45.0 Å². The fourth-order valence-electron chi connectivity index (χ4n) is 2.86. The average Bonchev–Trinajstić information content (AvgIpc) is 2.93. The van der Waals surface area contributed by atoms with Crippen LogP contribution in [0.4, 0.5) is 5.69 Å². The van der Waals surface area contributed by atoms with E-state index in [1.807, 2.05) is 30.3 Å². The molecule has 1 N–H and O–H groups in total. The number of hydrogen-bond donors (Lipinski definition) is 1. The van der Waals surface area contributed by atoms with Gasteiger partial charge in [-0.25, -0.2) is 8.42 Å². The average molecular weight is 361 g/mol. The molecule has 134 valence electrons. The molecule has 1 unspecified atom stereocenters. The number of carbonyl (C=O) groups is 1. The predicted molar refractivity (Wildman–Crippen MR) is 98.8 cm³/mol. The number of sulfone groups is 1. The summed E-state index contributed by atoms with van der Waals surface area (Å²) in [5.74, 6) is -0.510. The number of rotatable bonds is 6. The Morgan fingerprint density at radius 2 is 1.96 bits per heavy atom. The van der Waals surface area contributed by atoms with E-state index in [2.05, 4.69) is 24.1 Å². The highest BCUT2D eigenvalue weighted by Crippen LogP contribution is 2.17. The van der Waals surface area contributed by atoms with Gasteiger partial charge in [0.1, 0.15) is 11.6 Å². The van der Waals surface area contributed by atoms with Crippen molar-refractivity contribution in [1.82, 2.24) is 5.32 Å². The molecule has 2 rings (SSSR count). The van der Waals surface area contributed by atoms with E-state index in [0.717, 1.165) is 24.3 Å². The highest BCUT2D eigenvalue weighted by molar-refractivity contribution is 7.91. The van der Waals surface area contributed by atoms with E-state index < -0.39 is 21.8 Å². The molecule has 1 amide bonds. The smallest absolute Gasteiger partial charge is 0.262 e. The molecule has 1 aliphatic rings. The lowest BCUT2D eigenvalue weighted by Gasteiger charge is -2.20. The largest absolute Gasteiger partial charge is 0.372 e. The van der Waals surface area contributed by atoms with E-state index >= 15 is 0 Å². The molecule has 1 aromatic rings. The van der Waals surface area contributed by atoms with Crippen molar-refractivity contribution in [2.24, 2.45) is 0 Å². The monoisotopic (exact) mass is 361 g/mol. The number of amides is 1. The molecule has 0 saturated carbocycles. The van der Waals surface area contributed by atoms with Crippen LogP contribution in [0.2, 0.25) is 0 Å². The van der Waals surface area contributed by atoms with Crippen LogP contribution in [0, 0.1) is 11.3 Å².